The van der Waals surface area contributed by atoms with E-state index in [-0.39, 0.29) is 5.75 Å². The zero-order valence-electron chi connectivity index (χ0n) is 6.17. The molecular formula is C8H8BrFO2. The van der Waals surface area contributed by atoms with E-state index in [9.17, 15) is 4.39 Å². The number of aliphatic hydroxyl groups excluding tert-OH is 1. The van der Waals surface area contributed by atoms with Crippen molar-refractivity contribution >= 4 is 15.9 Å². The summed E-state index contributed by atoms with van der Waals surface area (Å²) >= 11 is 3.05. The molecule has 12 heavy (non-hydrogen) atoms. The Hall–Kier alpha value is -0.610. The topological polar surface area (TPSA) is 40.5 Å². The van der Waals surface area contributed by atoms with Crippen molar-refractivity contribution < 1.29 is 14.6 Å². The molecule has 0 aliphatic carbocycles. The summed E-state index contributed by atoms with van der Waals surface area (Å²) < 4.78 is 13.3. The molecular weight excluding hydrogens is 227 g/mol. The molecule has 1 unspecified atom stereocenters. The minimum absolute atomic E-state index is 0.0592. The Kier molecular flexibility index (Phi) is 3.05. The lowest BCUT2D eigenvalue weighted by Crippen LogP contribution is -1.96. The third-order valence-electron chi connectivity index (χ3n) is 1.49. The van der Waals surface area contributed by atoms with Crippen molar-refractivity contribution in [2.45, 2.75) is 6.17 Å². The molecule has 0 fully saturated rings. The molecule has 0 amide bonds. The number of halogens is 2. The van der Waals surface area contributed by atoms with Crippen molar-refractivity contribution in [2.75, 3.05) is 6.61 Å². The quantitative estimate of drug-likeness (QED) is 0.824. The number of benzene rings is 1. The second-order valence-corrected chi connectivity index (χ2v) is 3.22. The molecule has 0 bridgehead atoms. The molecule has 1 atom stereocenters. The SMILES string of the molecule is OCC(F)c1ccc(O)c(Br)c1. The average Bonchev–Trinajstić information content (AvgIpc) is 2.08. The first-order valence-electron chi connectivity index (χ1n) is 3.38. The van der Waals surface area contributed by atoms with Gasteiger partial charge in [0, 0.05) is 0 Å². The van der Waals surface area contributed by atoms with Gasteiger partial charge in [0.05, 0.1) is 11.1 Å². The van der Waals surface area contributed by atoms with E-state index in [4.69, 9.17) is 10.2 Å². The standard InChI is InChI=1S/C8H8BrFO2/c9-6-3-5(7(10)4-11)1-2-8(6)12/h1-3,7,11-12H,4H2. The van der Waals surface area contributed by atoms with Crippen LogP contribution in [-0.2, 0) is 0 Å². The zero-order valence-corrected chi connectivity index (χ0v) is 7.75. The number of hydrogen-bond donors (Lipinski definition) is 2. The average molecular weight is 235 g/mol. The number of phenols is 1. The highest BCUT2D eigenvalue weighted by Crippen LogP contribution is 2.28. The molecule has 2 N–H and O–H groups in total. The third-order valence-corrected chi connectivity index (χ3v) is 2.13. The normalized spacial score (nSPS) is 12.9. The van der Waals surface area contributed by atoms with E-state index in [2.05, 4.69) is 15.9 Å². The number of rotatable bonds is 2. The van der Waals surface area contributed by atoms with Crippen LogP contribution in [0.4, 0.5) is 4.39 Å². The van der Waals surface area contributed by atoms with Crippen LogP contribution in [0.2, 0.25) is 0 Å². The largest absolute Gasteiger partial charge is 0.507 e. The predicted molar refractivity (Wildman–Crippen MR) is 46.7 cm³/mol. The van der Waals surface area contributed by atoms with E-state index >= 15 is 0 Å². The fraction of sp³-hybridized carbons (Fsp3) is 0.250. The summed E-state index contributed by atoms with van der Waals surface area (Å²) in [6, 6.07) is 4.25. The fourth-order valence-electron chi connectivity index (χ4n) is 0.823. The second kappa shape index (κ2) is 3.87. The molecule has 1 aromatic rings. The van der Waals surface area contributed by atoms with Crippen LogP contribution in [-0.4, -0.2) is 16.8 Å². The van der Waals surface area contributed by atoms with Crippen LogP contribution in [0.25, 0.3) is 0 Å². The molecule has 2 nitrogen and oxygen atoms in total. The van der Waals surface area contributed by atoms with Crippen molar-refractivity contribution in [3.63, 3.8) is 0 Å². The molecule has 0 spiro atoms. The zero-order chi connectivity index (χ0) is 9.14. The van der Waals surface area contributed by atoms with Crippen LogP contribution < -0.4 is 0 Å². The summed E-state index contributed by atoms with van der Waals surface area (Å²) in [4.78, 5) is 0. The minimum Gasteiger partial charge on any atom is -0.507 e. The lowest BCUT2D eigenvalue weighted by molar-refractivity contribution is 0.180. The monoisotopic (exact) mass is 234 g/mol. The van der Waals surface area contributed by atoms with E-state index in [0.717, 1.165) is 0 Å². The van der Waals surface area contributed by atoms with Gasteiger partial charge in [-0.15, -0.1) is 0 Å². The summed E-state index contributed by atoms with van der Waals surface area (Å²) in [5.41, 5.74) is 0.349. The first-order chi connectivity index (χ1) is 5.65. The molecule has 66 valence electrons. The van der Waals surface area contributed by atoms with Gasteiger partial charge in [0.1, 0.15) is 11.9 Å². The van der Waals surface area contributed by atoms with Gasteiger partial charge in [-0.05, 0) is 33.6 Å². The van der Waals surface area contributed by atoms with Crippen LogP contribution in [0.3, 0.4) is 0 Å². The van der Waals surface area contributed by atoms with Crippen LogP contribution in [0.1, 0.15) is 11.7 Å². The molecule has 0 saturated heterocycles. The van der Waals surface area contributed by atoms with Crippen molar-refractivity contribution in [1.29, 1.82) is 0 Å². The molecule has 1 aromatic carbocycles. The predicted octanol–water partition coefficient (Wildman–Crippen LogP) is 2.16. The maximum Gasteiger partial charge on any atom is 0.148 e. The smallest absolute Gasteiger partial charge is 0.148 e. The number of phenolic OH excluding ortho intramolecular Hbond substituents is 1. The third kappa shape index (κ3) is 1.95. The molecule has 0 aliphatic heterocycles. The Morgan fingerprint density at radius 3 is 2.67 bits per heavy atom. The van der Waals surface area contributed by atoms with Crippen molar-refractivity contribution in [2.24, 2.45) is 0 Å². The van der Waals surface area contributed by atoms with E-state index in [1.54, 1.807) is 0 Å². The molecule has 0 heterocycles. The van der Waals surface area contributed by atoms with E-state index in [1.807, 2.05) is 0 Å². The maximum absolute atomic E-state index is 12.8. The van der Waals surface area contributed by atoms with Crippen molar-refractivity contribution in [3.8, 4) is 5.75 Å². The Balaban J connectivity index is 2.96. The maximum atomic E-state index is 12.8. The number of alkyl halides is 1. The van der Waals surface area contributed by atoms with Gasteiger partial charge in [0.25, 0.3) is 0 Å². The molecule has 0 aromatic heterocycles. The van der Waals surface area contributed by atoms with Crippen molar-refractivity contribution in [3.05, 3.63) is 28.2 Å². The number of aliphatic hydroxyl groups is 1. The van der Waals surface area contributed by atoms with Gasteiger partial charge in [-0.25, -0.2) is 4.39 Å². The molecule has 0 saturated carbocycles. The van der Waals surface area contributed by atoms with Crippen molar-refractivity contribution in [1.82, 2.24) is 0 Å². The Morgan fingerprint density at radius 2 is 2.17 bits per heavy atom. The highest BCUT2D eigenvalue weighted by molar-refractivity contribution is 9.10. The fourth-order valence-corrected chi connectivity index (χ4v) is 1.22. The molecule has 4 heteroatoms. The molecule has 0 aliphatic rings. The Morgan fingerprint density at radius 1 is 1.50 bits per heavy atom. The van der Waals surface area contributed by atoms with Gasteiger partial charge in [0.2, 0.25) is 0 Å². The highest BCUT2D eigenvalue weighted by atomic mass is 79.9. The van der Waals surface area contributed by atoms with E-state index < -0.39 is 12.8 Å². The summed E-state index contributed by atoms with van der Waals surface area (Å²) in [6.45, 7) is -0.544. The van der Waals surface area contributed by atoms with E-state index in [0.29, 0.717) is 10.0 Å². The van der Waals surface area contributed by atoms with Gasteiger partial charge < -0.3 is 10.2 Å². The molecule has 0 radical (unpaired) electrons. The van der Waals surface area contributed by atoms with Gasteiger partial charge in [-0.1, -0.05) is 6.07 Å². The summed E-state index contributed by atoms with van der Waals surface area (Å²) in [7, 11) is 0. The van der Waals surface area contributed by atoms with Crippen LogP contribution in [0, 0.1) is 0 Å². The number of hydrogen-bond acceptors (Lipinski definition) is 2. The summed E-state index contributed by atoms with van der Waals surface area (Å²) in [5.74, 6) is 0.0592. The summed E-state index contributed by atoms with van der Waals surface area (Å²) in [5, 5.41) is 17.6. The van der Waals surface area contributed by atoms with E-state index in [1.165, 1.54) is 18.2 Å². The van der Waals surface area contributed by atoms with Gasteiger partial charge in [0.15, 0.2) is 0 Å². The van der Waals surface area contributed by atoms with Gasteiger partial charge in [-0.2, -0.15) is 0 Å². The lowest BCUT2D eigenvalue weighted by atomic mass is 10.1. The molecule has 1 rings (SSSR count). The Labute approximate surface area is 77.8 Å². The van der Waals surface area contributed by atoms with Crippen LogP contribution >= 0.6 is 15.9 Å². The second-order valence-electron chi connectivity index (χ2n) is 2.36. The summed E-state index contributed by atoms with van der Waals surface area (Å²) in [6.07, 6.45) is -1.39. The number of aromatic hydroxyl groups is 1. The van der Waals surface area contributed by atoms with Crippen LogP contribution in [0.15, 0.2) is 22.7 Å². The first kappa shape index (κ1) is 9.48. The highest BCUT2D eigenvalue weighted by Gasteiger charge is 2.09. The van der Waals surface area contributed by atoms with Gasteiger partial charge in [-0.3, -0.25) is 0 Å². The van der Waals surface area contributed by atoms with Gasteiger partial charge >= 0.3 is 0 Å². The Bertz CT molecular complexity index is 278. The lowest BCUT2D eigenvalue weighted by Gasteiger charge is -2.05. The van der Waals surface area contributed by atoms with Crippen LogP contribution in [0.5, 0.6) is 5.75 Å². The first-order valence-corrected chi connectivity index (χ1v) is 4.17. The minimum atomic E-state index is -1.39.